The topological polar surface area (TPSA) is 163 Å². The Labute approximate surface area is 234 Å². The van der Waals surface area contributed by atoms with E-state index in [1.807, 2.05) is 6.92 Å². The SMILES string of the molecule is COC1=C2C[C@@H](C)C[C@H](OC)[C@H](O)[C@@H](C)/C=C(/C)[C@H](OC(N)=O)[C@@H](OC)/C=C\C=C(/C)C(=O)NC(=CC1=O)C2=O. The number of ketones is 2. The molecular formula is C29H40N2O9. The summed E-state index contributed by atoms with van der Waals surface area (Å²) in [5.74, 6) is -2.39. The Morgan fingerprint density at radius 2 is 1.77 bits per heavy atom. The Hall–Kier alpha value is -3.54. The predicted molar refractivity (Wildman–Crippen MR) is 147 cm³/mol. The zero-order valence-electron chi connectivity index (χ0n) is 24.1. The number of aliphatic hydroxyl groups excluding tert-OH is 1. The summed E-state index contributed by atoms with van der Waals surface area (Å²) in [5, 5.41) is 13.7. The number of primary amides is 1. The van der Waals surface area contributed by atoms with Crippen molar-refractivity contribution in [3.8, 4) is 0 Å². The van der Waals surface area contributed by atoms with Gasteiger partial charge in [0.25, 0.3) is 5.91 Å². The average Bonchev–Trinajstić information content (AvgIpc) is 2.90. The van der Waals surface area contributed by atoms with Crippen molar-refractivity contribution >= 4 is 23.6 Å². The van der Waals surface area contributed by atoms with E-state index in [4.69, 9.17) is 24.7 Å². The normalized spacial score (nSPS) is 32.7. The highest BCUT2D eigenvalue weighted by molar-refractivity contribution is 6.23. The molecular weight excluding hydrogens is 520 g/mol. The maximum atomic E-state index is 13.3. The molecule has 2 amide bonds. The second kappa shape index (κ2) is 14.7. The van der Waals surface area contributed by atoms with Crippen LogP contribution in [0.5, 0.6) is 0 Å². The molecule has 0 spiro atoms. The predicted octanol–water partition coefficient (Wildman–Crippen LogP) is 2.41. The van der Waals surface area contributed by atoms with Crippen LogP contribution < -0.4 is 11.1 Å². The number of methoxy groups -OCH3 is 3. The fourth-order valence-corrected chi connectivity index (χ4v) is 4.78. The second-order valence-electron chi connectivity index (χ2n) is 10.1. The third-order valence-electron chi connectivity index (χ3n) is 6.95. The van der Waals surface area contributed by atoms with E-state index in [2.05, 4.69) is 5.32 Å². The van der Waals surface area contributed by atoms with Gasteiger partial charge < -0.3 is 35.1 Å². The van der Waals surface area contributed by atoms with Gasteiger partial charge in [0.15, 0.2) is 11.9 Å². The molecule has 0 aromatic rings. The first-order valence-electron chi connectivity index (χ1n) is 13.0. The number of nitrogens with two attached hydrogens (primary N) is 1. The fourth-order valence-electron chi connectivity index (χ4n) is 4.78. The molecule has 0 fully saturated rings. The van der Waals surface area contributed by atoms with E-state index in [1.165, 1.54) is 34.3 Å². The third kappa shape index (κ3) is 8.23. The number of hydrogen-bond donors (Lipinski definition) is 3. The van der Waals surface area contributed by atoms with E-state index in [9.17, 15) is 24.3 Å². The number of rotatable bonds is 4. The smallest absolute Gasteiger partial charge is 0.405 e. The first kappa shape index (κ1) is 32.7. The molecule has 0 saturated heterocycles. The molecule has 2 rings (SSSR count). The van der Waals surface area contributed by atoms with E-state index < -0.39 is 53.9 Å². The molecule has 220 valence electrons. The minimum absolute atomic E-state index is 0.0801. The highest BCUT2D eigenvalue weighted by Gasteiger charge is 2.34. The van der Waals surface area contributed by atoms with Crippen molar-refractivity contribution in [1.29, 1.82) is 0 Å². The van der Waals surface area contributed by atoms with Gasteiger partial charge in [-0.1, -0.05) is 38.2 Å². The summed E-state index contributed by atoms with van der Waals surface area (Å²) < 4.78 is 21.7. The van der Waals surface area contributed by atoms with Gasteiger partial charge in [0.2, 0.25) is 11.6 Å². The lowest BCUT2D eigenvalue weighted by atomic mass is 9.85. The molecule has 0 unspecified atom stereocenters. The number of hydrogen-bond acceptors (Lipinski definition) is 9. The zero-order valence-corrected chi connectivity index (χ0v) is 24.1. The number of carbonyl (C=O) groups excluding carboxylic acids is 4. The first-order valence-corrected chi connectivity index (χ1v) is 13.0. The van der Waals surface area contributed by atoms with Gasteiger partial charge in [-0.3, -0.25) is 14.4 Å². The van der Waals surface area contributed by atoms with Crippen molar-refractivity contribution < 1.29 is 43.2 Å². The lowest BCUT2D eigenvalue weighted by Crippen LogP contribution is -2.37. The number of allylic oxidation sites excluding steroid dienone is 4. The minimum Gasteiger partial charge on any atom is -0.492 e. The lowest BCUT2D eigenvalue weighted by Gasteiger charge is -2.29. The van der Waals surface area contributed by atoms with Crippen molar-refractivity contribution in [2.24, 2.45) is 17.6 Å². The molecule has 1 aliphatic heterocycles. The first-order chi connectivity index (χ1) is 18.8. The van der Waals surface area contributed by atoms with Gasteiger partial charge in [-0.25, -0.2) is 4.79 Å². The highest BCUT2D eigenvalue weighted by atomic mass is 16.6. The Balaban J connectivity index is 2.60. The van der Waals surface area contributed by atoms with Crippen LogP contribution in [0.4, 0.5) is 4.79 Å². The Bertz CT molecular complexity index is 1150. The van der Waals surface area contributed by atoms with Crippen LogP contribution >= 0.6 is 0 Å². The van der Waals surface area contributed by atoms with E-state index in [-0.39, 0.29) is 34.9 Å². The Morgan fingerprint density at radius 3 is 2.35 bits per heavy atom. The van der Waals surface area contributed by atoms with Crippen LogP contribution in [0.1, 0.15) is 40.5 Å². The van der Waals surface area contributed by atoms with Crippen LogP contribution in [0.3, 0.4) is 0 Å². The minimum atomic E-state index is -1.00. The molecule has 2 aliphatic rings. The second-order valence-corrected chi connectivity index (χ2v) is 10.1. The standard InChI is InChI=1S/C29H40N2O9/c1-15-11-19-25(34)20(14-21(32)27(19)39-7)31-28(35)16(2)9-8-10-22(37-5)26(40-29(30)36)18(4)13-17(3)24(33)23(12-15)38-6/h8-10,13-15,17,22-24,26,33H,11-12H2,1-7H3,(H2,30,36)(H,31,35)/b10-8-,16-9+,18-13-/t15-,17+,22+,23+,24-,26+/m1/s1. The molecule has 11 nitrogen and oxygen atoms in total. The molecule has 0 aromatic carbocycles. The van der Waals surface area contributed by atoms with Gasteiger partial charge in [-0.2, -0.15) is 0 Å². The largest absolute Gasteiger partial charge is 0.492 e. The average molecular weight is 561 g/mol. The van der Waals surface area contributed by atoms with Gasteiger partial charge in [0, 0.05) is 37.4 Å². The number of aliphatic hydroxyl groups is 1. The quantitative estimate of drug-likeness (QED) is 0.346. The van der Waals surface area contributed by atoms with Crippen LogP contribution in [-0.2, 0) is 33.3 Å². The molecule has 0 saturated carbocycles. The molecule has 1 heterocycles. The van der Waals surface area contributed by atoms with E-state index >= 15 is 0 Å². The molecule has 4 N–H and O–H groups in total. The molecule has 1 aliphatic carbocycles. The molecule has 11 heteroatoms. The number of fused-ring (bicyclic) bond motifs is 2. The zero-order chi connectivity index (χ0) is 30.1. The van der Waals surface area contributed by atoms with Crippen LogP contribution in [0, 0.1) is 11.8 Å². The summed E-state index contributed by atoms with van der Waals surface area (Å²) in [5.41, 5.74) is 6.12. The Kier molecular flexibility index (Phi) is 12.0. The van der Waals surface area contributed by atoms with Gasteiger partial charge in [-0.05, 0) is 38.2 Å². The van der Waals surface area contributed by atoms with Crippen molar-refractivity contribution in [2.75, 3.05) is 21.3 Å². The number of amides is 2. The number of nitrogens with one attached hydrogen (secondary N) is 1. The number of carbonyl (C=O) groups is 4. The molecule has 2 bridgehead atoms. The summed E-state index contributed by atoms with van der Waals surface area (Å²) >= 11 is 0. The maximum absolute atomic E-state index is 13.3. The summed E-state index contributed by atoms with van der Waals surface area (Å²) in [4.78, 5) is 50.6. The van der Waals surface area contributed by atoms with Crippen molar-refractivity contribution in [2.45, 2.75) is 65.0 Å². The molecule has 40 heavy (non-hydrogen) atoms. The van der Waals surface area contributed by atoms with E-state index in [0.29, 0.717) is 12.0 Å². The monoisotopic (exact) mass is 560 g/mol. The maximum Gasteiger partial charge on any atom is 0.405 e. The van der Waals surface area contributed by atoms with Gasteiger partial charge in [0.1, 0.15) is 6.10 Å². The summed E-state index contributed by atoms with van der Waals surface area (Å²) in [6.45, 7) is 6.92. The van der Waals surface area contributed by atoms with Gasteiger partial charge in [0.05, 0.1) is 25.0 Å². The van der Waals surface area contributed by atoms with Crippen LogP contribution in [0.15, 0.2) is 58.6 Å². The molecule has 0 radical (unpaired) electrons. The van der Waals surface area contributed by atoms with Gasteiger partial charge >= 0.3 is 6.09 Å². The summed E-state index contributed by atoms with van der Waals surface area (Å²) in [6, 6.07) is 0. The van der Waals surface area contributed by atoms with Crippen molar-refractivity contribution in [1.82, 2.24) is 5.32 Å². The molecule has 6 atom stereocenters. The lowest BCUT2D eigenvalue weighted by molar-refractivity contribution is -0.120. The van der Waals surface area contributed by atoms with Gasteiger partial charge in [-0.15, -0.1) is 0 Å². The van der Waals surface area contributed by atoms with Crippen LogP contribution in [-0.4, -0.2) is 74.4 Å². The summed E-state index contributed by atoms with van der Waals surface area (Å²) in [6.07, 6.45) is 3.61. The van der Waals surface area contributed by atoms with Crippen LogP contribution in [0.2, 0.25) is 0 Å². The van der Waals surface area contributed by atoms with Crippen LogP contribution in [0.25, 0.3) is 0 Å². The highest BCUT2D eigenvalue weighted by Crippen LogP contribution is 2.29. The van der Waals surface area contributed by atoms with E-state index in [0.717, 1.165) is 6.08 Å². The Morgan fingerprint density at radius 1 is 1.10 bits per heavy atom. The fraction of sp³-hybridized carbons (Fsp3) is 0.517. The number of ether oxygens (including phenoxy) is 4. The molecule has 0 aromatic heterocycles. The summed E-state index contributed by atoms with van der Waals surface area (Å²) in [7, 11) is 4.21. The van der Waals surface area contributed by atoms with Crippen molar-refractivity contribution in [3.63, 3.8) is 0 Å². The van der Waals surface area contributed by atoms with E-state index in [1.54, 1.807) is 32.1 Å². The third-order valence-corrected chi connectivity index (χ3v) is 6.95. The number of Topliss-reactive ketones (excluding diaryl/α,β-unsaturated/α-hetero) is 1. The van der Waals surface area contributed by atoms with Crippen molar-refractivity contribution in [3.05, 3.63) is 58.6 Å².